The van der Waals surface area contributed by atoms with Crippen LogP contribution in [0.1, 0.15) is 12.8 Å². The Kier molecular flexibility index (Phi) is 1.04. The number of hydrogen-bond donors (Lipinski definition) is 1. The standard InChI is InChI=1S/C8H13NO2/c1-9-5-2-4-3-6(9)8(11-4)7(5)10/h4-8,10H,2-3H2,1H3/t4-,5-,6-,7+,8+/m1/s1. The number of rotatable bonds is 0. The first kappa shape index (κ1) is 6.40. The second kappa shape index (κ2) is 1.79. The molecule has 0 aromatic rings. The van der Waals surface area contributed by atoms with Crippen LogP contribution in [0, 0.1) is 0 Å². The van der Waals surface area contributed by atoms with Gasteiger partial charge in [-0.25, -0.2) is 0 Å². The molecule has 4 rings (SSSR count). The highest BCUT2D eigenvalue weighted by Crippen LogP contribution is 2.44. The molecule has 0 aliphatic carbocycles. The van der Waals surface area contributed by atoms with Gasteiger partial charge >= 0.3 is 0 Å². The summed E-state index contributed by atoms with van der Waals surface area (Å²) in [5.74, 6) is 0. The van der Waals surface area contributed by atoms with Gasteiger partial charge in [0.15, 0.2) is 0 Å². The van der Waals surface area contributed by atoms with E-state index in [0.717, 1.165) is 12.8 Å². The number of likely N-dealkylation sites (N-methyl/N-ethyl adjacent to an activating group) is 1. The van der Waals surface area contributed by atoms with E-state index in [4.69, 9.17) is 4.74 Å². The summed E-state index contributed by atoms with van der Waals surface area (Å²) in [6, 6.07) is 0.895. The lowest BCUT2D eigenvalue weighted by Gasteiger charge is -2.33. The van der Waals surface area contributed by atoms with E-state index in [1.165, 1.54) is 0 Å². The molecule has 4 aliphatic rings. The third-order valence-electron chi connectivity index (χ3n) is 3.51. The van der Waals surface area contributed by atoms with Gasteiger partial charge in [0.25, 0.3) is 0 Å². The minimum atomic E-state index is -0.219. The van der Waals surface area contributed by atoms with Gasteiger partial charge in [-0.3, -0.25) is 4.90 Å². The topological polar surface area (TPSA) is 32.7 Å². The fourth-order valence-electron chi connectivity index (χ4n) is 2.91. The number of aliphatic hydroxyl groups is 1. The summed E-state index contributed by atoms with van der Waals surface area (Å²) in [7, 11) is 2.10. The molecule has 62 valence electrons. The molecular formula is C8H13NO2. The number of hydrogen-bond acceptors (Lipinski definition) is 3. The van der Waals surface area contributed by atoms with Gasteiger partial charge in [-0.2, -0.15) is 0 Å². The molecule has 3 nitrogen and oxygen atoms in total. The molecule has 4 aliphatic heterocycles. The van der Waals surface area contributed by atoms with E-state index in [2.05, 4.69) is 11.9 Å². The summed E-state index contributed by atoms with van der Waals surface area (Å²) in [5.41, 5.74) is 0. The van der Waals surface area contributed by atoms with Crippen LogP contribution in [-0.4, -0.2) is 47.4 Å². The van der Waals surface area contributed by atoms with Crippen LogP contribution in [0.25, 0.3) is 0 Å². The maximum atomic E-state index is 9.71. The zero-order chi connectivity index (χ0) is 7.59. The number of nitrogens with zero attached hydrogens (tertiary/aromatic N) is 1. The van der Waals surface area contributed by atoms with Crippen molar-refractivity contribution in [3.63, 3.8) is 0 Å². The molecule has 5 atom stereocenters. The molecule has 1 N–H and O–H groups in total. The van der Waals surface area contributed by atoms with Crippen molar-refractivity contribution < 1.29 is 9.84 Å². The minimum Gasteiger partial charge on any atom is -0.389 e. The molecule has 11 heavy (non-hydrogen) atoms. The van der Waals surface area contributed by atoms with Crippen molar-refractivity contribution in [2.45, 2.75) is 43.2 Å². The maximum absolute atomic E-state index is 9.71. The first-order valence-electron chi connectivity index (χ1n) is 4.33. The van der Waals surface area contributed by atoms with Gasteiger partial charge in [-0.05, 0) is 19.9 Å². The normalized spacial score (nSPS) is 61.1. The Morgan fingerprint density at radius 1 is 1.36 bits per heavy atom. The Hall–Kier alpha value is -0.120. The predicted molar refractivity (Wildman–Crippen MR) is 39.2 cm³/mol. The van der Waals surface area contributed by atoms with Gasteiger partial charge in [-0.15, -0.1) is 0 Å². The number of piperidine rings is 1. The highest BCUT2D eigenvalue weighted by molar-refractivity contribution is 5.10. The predicted octanol–water partition coefficient (Wildman–Crippen LogP) is -0.409. The van der Waals surface area contributed by atoms with Crippen LogP contribution in [0.15, 0.2) is 0 Å². The average Bonchev–Trinajstić information content (AvgIpc) is 2.39. The van der Waals surface area contributed by atoms with Crippen molar-refractivity contribution in [1.82, 2.24) is 4.90 Å². The fraction of sp³-hybridized carbons (Fsp3) is 1.00. The monoisotopic (exact) mass is 155 g/mol. The van der Waals surface area contributed by atoms with Crippen LogP contribution in [0.4, 0.5) is 0 Å². The summed E-state index contributed by atoms with van der Waals surface area (Å²) in [5, 5.41) is 9.71. The molecule has 0 unspecified atom stereocenters. The Morgan fingerprint density at radius 3 is 2.73 bits per heavy atom. The summed E-state index contributed by atoms with van der Waals surface area (Å²) in [4.78, 5) is 2.29. The smallest absolute Gasteiger partial charge is 0.101 e. The van der Waals surface area contributed by atoms with Crippen molar-refractivity contribution in [2.24, 2.45) is 0 Å². The van der Waals surface area contributed by atoms with Crippen molar-refractivity contribution in [2.75, 3.05) is 7.05 Å². The molecule has 4 bridgehead atoms. The first-order chi connectivity index (χ1) is 5.27. The van der Waals surface area contributed by atoms with Crippen molar-refractivity contribution in [3.8, 4) is 0 Å². The Balaban J connectivity index is 2.00. The third kappa shape index (κ3) is 0.604. The Morgan fingerprint density at radius 2 is 2.09 bits per heavy atom. The van der Waals surface area contributed by atoms with Crippen molar-refractivity contribution >= 4 is 0 Å². The summed E-state index contributed by atoms with van der Waals surface area (Å²) in [6.45, 7) is 0. The van der Waals surface area contributed by atoms with Gasteiger partial charge in [0.1, 0.15) is 6.10 Å². The molecule has 4 heterocycles. The van der Waals surface area contributed by atoms with Gasteiger partial charge < -0.3 is 9.84 Å². The van der Waals surface area contributed by atoms with Crippen LogP contribution in [-0.2, 0) is 4.74 Å². The zero-order valence-corrected chi connectivity index (χ0v) is 6.60. The minimum absolute atomic E-state index is 0.128. The Labute approximate surface area is 65.9 Å². The van der Waals surface area contributed by atoms with E-state index in [1.807, 2.05) is 0 Å². The van der Waals surface area contributed by atoms with Gasteiger partial charge in [-0.1, -0.05) is 0 Å². The summed E-state index contributed by atoms with van der Waals surface area (Å²) in [6.07, 6.45) is 2.53. The highest BCUT2D eigenvalue weighted by Gasteiger charge is 2.57. The zero-order valence-electron chi connectivity index (χ0n) is 6.60. The average molecular weight is 155 g/mol. The van der Waals surface area contributed by atoms with E-state index in [0.29, 0.717) is 18.2 Å². The molecule has 3 heteroatoms. The lowest BCUT2D eigenvalue weighted by atomic mass is 10.0. The summed E-state index contributed by atoms with van der Waals surface area (Å²) >= 11 is 0. The second-order valence-electron chi connectivity index (χ2n) is 3.98. The summed E-state index contributed by atoms with van der Waals surface area (Å²) < 4.78 is 5.64. The quantitative estimate of drug-likeness (QED) is 0.516. The molecular weight excluding hydrogens is 142 g/mol. The number of ether oxygens (including phenoxy) is 1. The van der Waals surface area contributed by atoms with Crippen LogP contribution in [0.3, 0.4) is 0 Å². The van der Waals surface area contributed by atoms with Gasteiger partial charge in [0, 0.05) is 12.1 Å². The van der Waals surface area contributed by atoms with Crippen LogP contribution < -0.4 is 0 Å². The maximum Gasteiger partial charge on any atom is 0.101 e. The van der Waals surface area contributed by atoms with Crippen molar-refractivity contribution in [1.29, 1.82) is 0 Å². The molecule has 0 amide bonds. The SMILES string of the molecule is CN1[C@@H]2C[C@@H]3C[C@@H]1[C@H](O3)[C@H]2O. The van der Waals surface area contributed by atoms with E-state index >= 15 is 0 Å². The lowest BCUT2D eigenvalue weighted by Crippen LogP contribution is -2.44. The van der Waals surface area contributed by atoms with E-state index in [9.17, 15) is 5.11 Å². The number of aliphatic hydroxyl groups excluding tert-OH is 1. The third-order valence-corrected chi connectivity index (χ3v) is 3.51. The van der Waals surface area contributed by atoms with E-state index in [1.54, 1.807) is 0 Å². The van der Waals surface area contributed by atoms with Crippen LogP contribution >= 0.6 is 0 Å². The van der Waals surface area contributed by atoms with Gasteiger partial charge in [0.05, 0.1) is 12.2 Å². The molecule has 4 fully saturated rings. The van der Waals surface area contributed by atoms with E-state index in [-0.39, 0.29) is 12.2 Å². The van der Waals surface area contributed by atoms with E-state index < -0.39 is 0 Å². The Bertz CT molecular complexity index is 175. The molecule has 0 spiro atoms. The lowest BCUT2D eigenvalue weighted by molar-refractivity contribution is -0.0758. The first-order valence-corrected chi connectivity index (χ1v) is 4.33. The second-order valence-corrected chi connectivity index (χ2v) is 3.98. The van der Waals surface area contributed by atoms with Crippen molar-refractivity contribution in [3.05, 3.63) is 0 Å². The van der Waals surface area contributed by atoms with Crippen LogP contribution in [0.5, 0.6) is 0 Å². The largest absolute Gasteiger partial charge is 0.389 e. The molecule has 0 aromatic heterocycles. The molecule has 0 radical (unpaired) electrons. The molecule has 4 saturated heterocycles. The molecule has 0 saturated carbocycles. The van der Waals surface area contributed by atoms with Gasteiger partial charge in [0.2, 0.25) is 0 Å². The molecule has 0 aromatic carbocycles. The van der Waals surface area contributed by atoms with Crippen LogP contribution in [0.2, 0.25) is 0 Å². The fourth-order valence-corrected chi connectivity index (χ4v) is 2.91. The highest BCUT2D eigenvalue weighted by atomic mass is 16.5.